The number of nitrogens with two attached hydrogens (primary N) is 1. The van der Waals surface area contributed by atoms with E-state index in [0.29, 0.717) is 16.9 Å². The number of ether oxygens (including phenoxy) is 1. The Morgan fingerprint density at radius 3 is 2.43 bits per heavy atom. The monoisotopic (exact) mass is 341 g/mol. The maximum Gasteiger partial charge on any atom is 0.307 e. The maximum atomic E-state index is 11.7. The highest BCUT2D eigenvalue weighted by Gasteiger charge is 2.28. The van der Waals surface area contributed by atoms with Crippen molar-refractivity contribution in [2.24, 2.45) is 5.41 Å². The Morgan fingerprint density at radius 2 is 1.96 bits per heavy atom. The first kappa shape index (κ1) is 19.1. The van der Waals surface area contributed by atoms with Crippen molar-refractivity contribution in [2.75, 3.05) is 25.2 Å². The van der Waals surface area contributed by atoms with Crippen LogP contribution in [0.1, 0.15) is 37.6 Å². The van der Waals surface area contributed by atoms with E-state index in [1.165, 1.54) is 20.2 Å². The van der Waals surface area contributed by atoms with Crippen molar-refractivity contribution in [1.29, 1.82) is 0 Å². The molecule has 0 radical (unpaired) electrons. The van der Waals surface area contributed by atoms with Gasteiger partial charge in [0.2, 0.25) is 0 Å². The quantitative estimate of drug-likeness (QED) is 0.565. The number of carbonyl (C=O) groups is 2. The number of methoxy groups -OCH3 is 1. The van der Waals surface area contributed by atoms with Crippen molar-refractivity contribution in [2.45, 2.75) is 33.2 Å². The summed E-state index contributed by atoms with van der Waals surface area (Å²) in [6, 6.07) is 2.90. The van der Waals surface area contributed by atoms with Crippen molar-refractivity contribution in [3.8, 4) is 0 Å². The average Bonchev–Trinajstić information content (AvgIpc) is 2.47. The van der Waals surface area contributed by atoms with E-state index >= 15 is 0 Å². The van der Waals surface area contributed by atoms with Gasteiger partial charge in [-0.15, -0.1) is 0 Å². The molecular weight excluding hydrogens is 318 g/mol. The van der Waals surface area contributed by atoms with E-state index in [1.54, 1.807) is 6.07 Å². The Kier molecular flexibility index (Phi) is 6.27. The van der Waals surface area contributed by atoms with E-state index in [4.69, 9.17) is 22.1 Å². The van der Waals surface area contributed by atoms with Gasteiger partial charge in [-0.05, 0) is 17.5 Å². The number of carbonyl (C=O) groups excluding carboxylic acids is 2. The zero-order valence-electron chi connectivity index (χ0n) is 14.1. The second kappa shape index (κ2) is 7.55. The Hall–Kier alpha value is -1.95. The highest BCUT2D eigenvalue weighted by molar-refractivity contribution is 6.34. The van der Waals surface area contributed by atoms with Crippen LogP contribution in [0.15, 0.2) is 12.1 Å². The normalized spacial score (nSPS) is 12.4. The largest absolute Gasteiger partial charge is 0.469 e. The Labute approximate surface area is 141 Å². The van der Waals surface area contributed by atoms with Gasteiger partial charge in [-0.2, -0.15) is 0 Å². The molecule has 128 valence electrons. The van der Waals surface area contributed by atoms with Crippen molar-refractivity contribution >= 4 is 34.9 Å². The number of anilines is 2. The third-order valence-electron chi connectivity index (χ3n) is 3.58. The number of halogens is 1. The molecular formula is C16H24ClN3O3. The number of nitrogen functional groups attached to an aromatic ring is 1. The lowest BCUT2D eigenvalue weighted by Gasteiger charge is -2.32. The van der Waals surface area contributed by atoms with Crippen LogP contribution in [0, 0.1) is 5.41 Å². The molecule has 1 aromatic carbocycles. The fraction of sp³-hybridized carbons (Fsp3) is 0.500. The number of benzene rings is 1. The molecule has 0 aliphatic carbocycles. The molecule has 1 unspecified atom stereocenters. The summed E-state index contributed by atoms with van der Waals surface area (Å²) >= 11 is 6.16. The fourth-order valence-electron chi connectivity index (χ4n) is 2.04. The maximum absolute atomic E-state index is 11.7. The second-order valence-electron chi connectivity index (χ2n) is 6.34. The van der Waals surface area contributed by atoms with Crippen LogP contribution < -0.4 is 16.4 Å². The lowest BCUT2D eigenvalue weighted by atomic mass is 9.84. The highest BCUT2D eigenvalue weighted by Crippen LogP contribution is 2.32. The molecule has 0 aliphatic rings. The minimum Gasteiger partial charge on any atom is -0.469 e. The summed E-state index contributed by atoms with van der Waals surface area (Å²) in [5, 5.41) is 6.03. The van der Waals surface area contributed by atoms with Gasteiger partial charge in [0.25, 0.3) is 5.91 Å². The molecule has 0 aliphatic heterocycles. The Morgan fingerprint density at radius 1 is 1.35 bits per heavy atom. The van der Waals surface area contributed by atoms with Crippen LogP contribution in [0.3, 0.4) is 0 Å². The van der Waals surface area contributed by atoms with Crippen LogP contribution in [-0.2, 0) is 9.53 Å². The predicted octanol–water partition coefficient (Wildman–Crippen LogP) is 2.67. The van der Waals surface area contributed by atoms with E-state index in [-0.39, 0.29) is 34.8 Å². The van der Waals surface area contributed by atoms with E-state index in [9.17, 15) is 9.59 Å². The number of hydrogen-bond donors (Lipinski definition) is 3. The highest BCUT2D eigenvalue weighted by atomic mass is 35.5. The molecule has 0 spiro atoms. The van der Waals surface area contributed by atoms with Gasteiger partial charge in [-0.1, -0.05) is 32.4 Å². The van der Waals surface area contributed by atoms with E-state index in [1.807, 2.05) is 20.8 Å². The zero-order valence-corrected chi connectivity index (χ0v) is 14.9. The third kappa shape index (κ3) is 5.03. The van der Waals surface area contributed by atoms with Crippen LogP contribution >= 0.6 is 11.6 Å². The first-order chi connectivity index (χ1) is 10.6. The summed E-state index contributed by atoms with van der Waals surface area (Å²) in [5.74, 6) is -0.626. The van der Waals surface area contributed by atoms with Gasteiger partial charge in [-0.25, -0.2) is 0 Å². The molecule has 0 bridgehead atoms. The number of hydrogen-bond acceptors (Lipinski definition) is 5. The molecule has 0 aromatic heterocycles. The fourth-order valence-corrected chi connectivity index (χ4v) is 2.28. The SMILES string of the molecule is CNC(=O)c1cc(N)c(NC(CC(=O)OC)C(C)(C)C)cc1Cl. The van der Waals surface area contributed by atoms with Gasteiger partial charge in [0.15, 0.2) is 0 Å². The van der Waals surface area contributed by atoms with Crippen molar-refractivity contribution in [1.82, 2.24) is 5.32 Å². The van der Waals surface area contributed by atoms with Crippen molar-refractivity contribution in [3.05, 3.63) is 22.7 Å². The first-order valence-electron chi connectivity index (χ1n) is 7.24. The zero-order chi connectivity index (χ0) is 17.8. The molecule has 0 fully saturated rings. The average molecular weight is 342 g/mol. The van der Waals surface area contributed by atoms with Gasteiger partial charge < -0.3 is 21.1 Å². The summed E-state index contributed by atoms with van der Waals surface area (Å²) in [7, 11) is 2.87. The lowest BCUT2D eigenvalue weighted by molar-refractivity contribution is -0.141. The molecule has 1 aromatic rings. The standard InChI is InChI=1S/C16H24ClN3O3/c1-16(2,3)13(8-14(21)23-5)20-12-7-10(17)9(6-11(12)18)15(22)19-4/h6-7,13,20H,8,18H2,1-5H3,(H,19,22). The molecule has 0 saturated heterocycles. The minimum absolute atomic E-state index is 0.189. The van der Waals surface area contributed by atoms with Crippen LogP contribution in [0.2, 0.25) is 5.02 Å². The summed E-state index contributed by atoms with van der Waals surface area (Å²) in [5.41, 5.74) is 7.06. The molecule has 1 atom stereocenters. The van der Waals surface area contributed by atoms with E-state index < -0.39 is 0 Å². The predicted molar refractivity (Wildman–Crippen MR) is 92.8 cm³/mol. The summed E-state index contributed by atoms with van der Waals surface area (Å²) in [4.78, 5) is 23.4. The van der Waals surface area contributed by atoms with Crippen LogP contribution in [0.25, 0.3) is 0 Å². The van der Waals surface area contributed by atoms with E-state index in [0.717, 1.165) is 0 Å². The topological polar surface area (TPSA) is 93.5 Å². The number of amides is 1. The van der Waals surface area contributed by atoms with Gasteiger partial charge >= 0.3 is 5.97 Å². The number of nitrogens with one attached hydrogen (secondary N) is 2. The van der Waals surface area contributed by atoms with Crippen LogP contribution in [-0.4, -0.2) is 32.1 Å². The van der Waals surface area contributed by atoms with Gasteiger partial charge in [-0.3, -0.25) is 9.59 Å². The molecule has 1 rings (SSSR count). The minimum atomic E-state index is -0.316. The number of esters is 1. The third-order valence-corrected chi connectivity index (χ3v) is 3.90. The number of rotatable bonds is 5. The molecule has 0 heterocycles. The van der Waals surface area contributed by atoms with Gasteiger partial charge in [0.1, 0.15) is 0 Å². The smallest absolute Gasteiger partial charge is 0.307 e. The van der Waals surface area contributed by atoms with Crippen molar-refractivity contribution < 1.29 is 14.3 Å². The van der Waals surface area contributed by atoms with Crippen molar-refractivity contribution in [3.63, 3.8) is 0 Å². The van der Waals surface area contributed by atoms with Crippen LogP contribution in [0.5, 0.6) is 0 Å². The van der Waals surface area contributed by atoms with Crippen LogP contribution in [0.4, 0.5) is 11.4 Å². The summed E-state index contributed by atoms with van der Waals surface area (Å²) in [6.45, 7) is 6.01. The molecule has 6 nitrogen and oxygen atoms in total. The lowest BCUT2D eigenvalue weighted by Crippen LogP contribution is -2.36. The Balaban J connectivity index is 3.12. The Bertz CT molecular complexity index is 597. The molecule has 1 amide bonds. The second-order valence-corrected chi connectivity index (χ2v) is 6.75. The summed E-state index contributed by atoms with van der Waals surface area (Å²) in [6.07, 6.45) is 0.189. The van der Waals surface area contributed by atoms with Gasteiger partial charge in [0, 0.05) is 13.1 Å². The summed E-state index contributed by atoms with van der Waals surface area (Å²) < 4.78 is 4.74. The molecule has 0 saturated carbocycles. The molecule has 4 N–H and O–H groups in total. The first-order valence-corrected chi connectivity index (χ1v) is 7.62. The van der Waals surface area contributed by atoms with Gasteiger partial charge in [0.05, 0.1) is 35.5 Å². The molecule has 23 heavy (non-hydrogen) atoms. The van der Waals surface area contributed by atoms with E-state index in [2.05, 4.69) is 10.6 Å². The molecule has 7 heteroatoms.